The Labute approximate surface area is 191 Å². The lowest BCUT2D eigenvalue weighted by molar-refractivity contribution is 0.158. The van der Waals surface area contributed by atoms with Crippen LogP contribution in [0.5, 0.6) is 0 Å². The Morgan fingerprint density at radius 2 is 1.81 bits per heavy atom. The third-order valence-electron chi connectivity index (χ3n) is 7.12. The molecular formula is C25H25ClFN5. The van der Waals surface area contributed by atoms with Crippen LogP contribution in [0.3, 0.4) is 0 Å². The Balaban J connectivity index is 1.24. The van der Waals surface area contributed by atoms with Crippen molar-refractivity contribution in [1.29, 1.82) is 5.41 Å². The van der Waals surface area contributed by atoms with Crippen molar-refractivity contribution in [2.75, 3.05) is 5.73 Å². The summed E-state index contributed by atoms with van der Waals surface area (Å²) in [7, 11) is 0. The minimum absolute atomic E-state index is 0.00823. The van der Waals surface area contributed by atoms with Crippen LogP contribution < -0.4 is 5.73 Å². The van der Waals surface area contributed by atoms with Gasteiger partial charge in [-0.2, -0.15) is 0 Å². The SMILES string of the molecule is N=C(c1ccnc(Cl)c1F)c1ncc(CC2CCC3(CC2)Cc2ccccc2C3)nc1N. The summed E-state index contributed by atoms with van der Waals surface area (Å²) in [4.78, 5) is 12.5. The zero-order valence-corrected chi connectivity index (χ0v) is 18.5. The highest BCUT2D eigenvalue weighted by molar-refractivity contribution is 6.30. The fraction of sp³-hybridized carbons (Fsp3) is 0.360. The molecule has 2 aliphatic carbocycles. The van der Waals surface area contributed by atoms with Gasteiger partial charge in [0.1, 0.15) is 5.69 Å². The molecule has 3 aromatic rings. The summed E-state index contributed by atoms with van der Waals surface area (Å²) in [5.74, 6) is -0.0622. The van der Waals surface area contributed by atoms with E-state index in [0.717, 1.165) is 12.1 Å². The van der Waals surface area contributed by atoms with Gasteiger partial charge in [-0.25, -0.2) is 19.3 Å². The van der Waals surface area contributed by atoms with Crippen LogP contribution in [0, 0.1) is 22.6 Å². The average molecular weight is 450 g/mol. The van der Waals surface area contributed by atoms with Gasteiger partial charge in [0, 0.05) is 18.0 Å². The topological polar surface area (TPSA) is 88.5 Å². The molecule has 5 rings (SSSR count). The maximum atomic E-state index is 14.2. The molecule has 164 valence electrons. The van der Waals surface area contributed by atoms with Gasteiger partial charge in [0.15, 0.2) is 16.8 Å². The van der Waals surface area contributed by atoms with Gasteiger partial charge in [-0.1, -0.05) is 35.9 Å². The highest BCUT2D eigenvalue weighted by Crippen LogP contribution is 2.49. The van der Waals surface area contributed by atoms with Crippen LogP contribution in [0.25, 0.3) is 0 Å². The van der Waals surface area contributed by atoms with E-state index in [0.29, 0.717) is 11.3 Å². The molecule has 1 aromatic carbocycles. The Hall–Kier alpha value is -2.86. The van der Waals surface area contributed by atoms with Crippen LogP contribution in [0.1, 0.15) is 53.8 Å². The number of anilines is 1. The molecule has 2 heterocycles. The second-order valence-electron chi connectivity index (χ2n) is 9.20. The lowest BCUT2D eigenvalue weighted by atomic mass is 9.68. The summed E-state index contributed by atoms with van der Waals surface area (Å²) in [6.07, 6.45) is 11.1. The van der Waals surface area contributed by atoms with Crippen molar-refractivity contribution >= 4 is 23.1 Å². The lowest BCUT2D eigenvalue weighted by Gasteiger charge is -2.37. The Morgan fingerprint density at radius 3 is 2.47 bits per heavy atom. The molecule has 1 fully saturated rings. The Bertz CT molecular complexity index is 1160. The van der Waals surface area contributed by atoms with E-state index in [-0.39, 0.29) is 27.9 Å². The quantitative estimate of drug-likeness (QED) is 0.424. The van der Waals surface area contributed by atoms with Gasteiger partial charge in [0.05, 0.1) is 11.4 Å². The van der Waals surface area contributed by atoms with E-state index in [1.807, 2.05) is 0 Å². The highest BCUT2D eigenvalue weighted by Gasteiger charge is 2.40. The number of nitrogens with one attached hydrogen (secondary N) is 1. The molecule has 0 amide bonds. The maximum Gasteiger partial charge on any atom is 0.169 e. The summed E-state index contributed by atoms with van der Waals surface area (Å²) in [6, 6.07) is 10.2. The van der Waals surface area contributed by atoms with Crippen molar-refractivity contribution in [3.63, 3.8) is 0 Å². The number of rotatable bonds is 4. The molecule has 2 aromatic heterocycles. The number of pyridine rings is 1. The van der Waals surface area contributed by atoms with Gasteiger partial charge >= 0.3 is 0 Å². The second-order valence-corrected chi connectivity index (χ2v) is 9.56. The predicted octanol–water partition coefficient (Wildman–Crippen LogP) is 5.18. The fourth-order valence-corrected chi connectivity index (χ4v) is 5.55. The Morgan fingerprint density at radius 1 is 1.12 bits per heavy atom. The highest BCUT2D eigenvalue weighted by atomic mass is 35.5. The number of aromatic nitrogens is 3. The summed E-state index contributed by atoms with van der Waals surface area (Å²) >= 11 is 5.74. The van der Waals surface area contributed by atoms with E-state index in [1.54, 1.807) is 6.20 Å². The average Bonchev–Trinajstić information content (AvgIpc) is 3.15. The minimum Gasteiger partial charge on any atom is -0.382 e. The van der Waals surface area contributed by atoms with Crippen molar-refractivity contribution in [1.82, 2.24) is 15.0 Å². The first-order valence-corrected chi connectivity index (χ1v) is 11.4. The van der Waals surface area contributed by atoms with E-state index in [1.165, 1.54) is 61.9 Å². The van der Waals surface area contributed by atoms with Gasteiger partial charge in [-0.15, -0.1) is 0 Å². The normalized spacial score (nSPS) is 17.4. The molecule has 32 heavy (non-hydrogen) atoms. The van der Waals surface area contributed by atoms with Crippen LogP contribution in [0.15, 0.2) is 42.7 Å². The number of benzene rings is 1. The molecule has 3 N–H and O–H groups in total. The smallest absolute Gasteiger partial charge is 0.169 e. The molecule has 5 nitrogen and oxygen atoms in total. The zero-order chi connectivity index (χ0) is 22.3. The maximum absolute atomic E-state index is 14.2. The molecule has 1 spiro atoms. The summed E-state index contributed by atoms with van der Waals surface area (Å²) in [6.45, 7) is 0. The molecule has 2 aliphatic rings. The van der Waals surface area contributed by atoms with Crippen molar-refractivity contribution in [2.45, 2.75) is 44.9 Å². The van der Waals surface area contributed by atoms with Gasteiger partial charge in [-0.05, 0) is 73.5 Å². The molecule has 0 radical (unpaired) electrons. The number of nitrogen functional groups attached to an aromatic ring is 1. The van der Waals surface area contributed by atoms with Gasteiger partial charge in [0.2, 0.25) is 0 Å². The summed E-state index contributed by atoms with van der Waals surface area (Å²) in [5, 5.41) is 8.03. The van der Waals surface area contributed by atoms with E-state index < -0.39 is 5.82 Å². The molecule has 0 saturated heterocycles. The third kappa shape index (κ3) is 3.88. The van der Waals surface area contributed by atoms with E-state index >= 15 is 0 Å². The van der Waals surface area contributed by atoms with Crippen LogP contribution >= 0.6 is 11.6 Å². The monoisotopic (exact) mass is 449 g/mol. The number of nitrogens with two attached hydrogens (primary N) is 1. The zero-order valence-electron chi connectivity index (χ0n) is 17.7. The largest absolute Gasteiger partial charge is 0.382 e. The molecule has 7 heteroatoms. The van der Waals surface area contributed by atoms with Crippen LogP contribution in [-0.4, -0.2) is 20.7 Å². The minimum atomic E-state index is -0.755. The molecular weight excluding hydrogens is 425 g/mol. The van der Waals surface area contributed by atoms with Gasteiger partial charge < -0.3 is 5.73 Å². The van der Waals surface area contributed by atoms with E-state index in [9.17, 15) is 4.39 Å². The number of fused-ring (bicyclic) bond motifs is 1. The number of hydrogen-bond acceptors (Lipinski definition) is 5. The third-order valence-corrected chi connectivity index (χ3v) is 7.38. The van der Waals surface area contributed by atoms with Gasteiger partial charge in [-0.3, -0.25) is 5.41 Å². The Kier molecular flexibility index (Phi) is 5.41. The number of nitrogens with zero attached hydrogens (tertiary/aromatic N) is 3. The van der Waals surface area contributed by atoms with E-state index in [4.69, 9.17) is 22.7 Å². The molecule has 0 unspecified atom stereocenters. The first kappa shape index (κ1) is 21.0. The van der Waals surface area contributed by atoms with Crippen LogP contribution in [0.2, 0.25) is 5.15 Å². The molecule has 1 saturated carbocycles. The van der Waals surface area contributed by atoms with Crippen molar-refractivity contribution in [2.24, 2.45) is 11.3 Å². The first-order valence-electron chi connectivity index (χ1n) is 11.0. The molecule has 0 aliphatic heterocycles. The van der Waals surface area contributed by atoms with Gasteiger partial charge in [0.25, 0.3) is 0 Å². The lowest BCUT2D eigenvalue weighted by Crippen LogP contribution is -2.29. The van der Waals surface area contributed by atoms with Crippen molar-refractivity contribution < 1.29 is 4.39 Å². The summed E-state index contributed by atoms with van der Waals surface area (Å²) < 4.78 is 14.2. The number of hydrogen-bond donors (Lipinski definition) is 2. The van der Waals surface area contributed by atoms with Crippen molar-refractivity contribution in [3.05, 3.63) is 81.8 Å². The standard InChI is InChI=1S/C25H25ClFN5/c26-23-20(27)19(7-10-30-23)21(28)22-24(29)32-18(14-31-22)11-15-5-8-25(9-6-15)12-16-3-1-2-4-17(16)13-25/h1-4,7,10,14-15,28H,5-6,8-9,11-13H2,(H2,29,32). The fourth-order valence-electron chi connectivity index (χ4n) is 5.39. The molecule has 0 bridgehead atoms. The molecule has 0 atom stereocenters. The van der Waals surface area contributed by atoms with Crippen LogP contribution in [-0.2, 0) is 19.3 Å². The summed E-state index contributed by atoms with van der Waals surface area (Å²) in [5.41, 5.74) is 10.4. The van der Waals surface area contributed by atoms with Crippen LogP contribution in [0.4, 0.5) is 10.2 Å². The van der Waals surface area contributed by atoms with Crippen molar-refractivity contribution in [3.8, 4) is 0 Å². The van der Waals surface area contributed by atoms with E-state index in [2.05, 4.69) is 39.2 Å². The predicted molar refractivity (Wildman–Crippen MR) is 124 cm³/mol. The number of halogens is 2. The second kappa shape index (κ2) is 8.24. The first-order chi connectivity index (χ1) is 15.4.